The number of aromatic nitrogens is 2. The van der Waals surface area contributed by atoms with Crippen LogP contribution in [-0.2, 0) is 16.9 Å². The number of carbonyl (C=O) groups excluding carboxylic acids is 2. The van der Waals surface area contributed by atoms with E-state index in [1.807, 2.05) is 11.4 Å². The molecular weight excluding hydrogens is 456 g/mol. The molecule has 7 nitrogen and oxygen atoms in total. The first-order valence-electron chi connectivity index (χ1n) is 7.84. The zero-order valence-corrected chi connectivity index (χ0v) is 17.1. The average Bonchev–Trinajstić information content (AvgIpc) is 3.31. The Labute approximate surface area is 171 Å². The van der Waals surface area contributed by atoms with Gasteiger partial charge in [0.05, 0.1) is 4.88 Å². The summed E-state index contributed by atoms with van der Waals surface area (Å²) in [5.74, 6) is 0.173. The number of nitrogens with one attached hydrogen (secondary N) is 1. The molecule has 0 spiro atoms. The highest BCUT2D eigenvalue weighted by Gasteiger charge is 2.49. The molecule has 3 heterocycles. The number of benzene rings is 1. The molecule has 0 bridgehead atoms. The Morgan fingerprint density at radius 3 is 2.89 bits per heavy atom. The van der Waals surface area contributed by atoms with Gasteiger partial charge in [-0.3, -0.25) is 9.69 Å². The molecule has 1 atom stereocenters. The summed E-state index contributed by atoms with van der Waals surface area (Å²) in [5.41, 5.74) is -0.603. The van der Waals surface area contributed by atoms with Gasteiger partial charge in [-0.2, -0.15) is 4.98 Å². The minimum atomic E-state index is -1.20. The SMILES string of the molecule is CC1(c2cccc(Cl)c2)NC(=O)N(Cc2nc(-c3cc(Br)cs3)no2)C1=O. The van der Waals surface area contributed by atoms with Crippen molar-refractivity contribution < 1.29 is 14.1 Å². The zero-order chi connectivity index (χ0) is 19.2. The van der Waals surface area contributed by atoms with Gasteiger partial charge in [-0.1, -0.05) is 28.9 Å². The smallest absolute Gasteiger partial charge is 0.325 e. The van der Waals surface area contributed by atoms with Crippen molar-refractivity contribution in [1.82, 2.24) is 20.4 Å². The topological polar surface area (TPSA) is 88.3 Å². The maximum absolute atomic E-state index is 12.9. The number of carbonyl (C=O) groups is 2. The molecule has 10 heteroatoms. The highest BCUT2D eigenvalue weighted by molar-refractivity contribution is 9.10. The van der Waals surface area contributed by atoms with Crippen LogP contribution in [0.5, 0.6) is 0 Å². The predicted molar refractivity (Wildman–Crippen MR) is 103 cm³/mol. The van der Waals surface area contributed by atoms with Crippen LogP contribution >= 0.6 is 38.9 Å². The normalized spacial score (nSPS) is 19.6. The molecule has 0 radical (unpaired) electrons. The van der Waals surface area contributed by atoms with Crippen LogP contribution in [-0.4, -0.2) is 27.0 Å². The Kier molecular flexibility index (Phi) is 4.53. The van der Waals surface area contributed by atoms with Crippen LogP contribution in [0.2, 0.25) is 5.02 Å². The molecule has 1 aliphatic rings. The van der Waals surface area contributed by atoms with E-state index in [1.165, 1.54) is 11.3 Å². The van der Waals surface area contributed by atoms with Crippen LogP contribution in [0.1, 0.15) is 18.4 Å². The standard InChI is InChI=1S/C17H12BrClN4O3S/c1-17(9-3-2-4-11(19)5-9)15(24)23(16(25)21-17)7-13-20-14(22-26-13)12-6-10(18)8-27-12/h2-6,8H,7H2,1H3,(H,21,25). The molecular formula is C17H12BrClN4O3S. The highest BCUT2D eigenvalue weighted by Crippen LogP contribution is 2.32. The number of nitrogens with zero attached hydrogens (tertiary/aromatic N) is 3. The van der Waals surface area contributed by atoms with E-state index in [-0.39, 0.29) is 12.4 Å². The molecule has 1 saturated heterocycles. The van der Waals surface area contributed by atoms with Crippen molar-refractivity contribution >= 4 is 50.8 Å². The second-order valence-electron chi connectivity index (χ2n) is 6.10. The number of rotatable bonds is 4. The second kappa shape index (κ2) is 6.74. The van der Waals surface area contributed by atoms with Crippen LogP contribution in [0.15, 0.2) is 44.7 Å². The van der Waals surface area contributed by atoms with E-state index >= 15 is 0 Å². The van der Waals surface area contributed by atoms with Gasteiger partial charge in [-0.15, -0.1) is 11.3 Å². The van der Waals surface area contributed by atoms with E-state index in [0.29, 0.717) is 16.4 Å². The first-order valence-corrected chi connectivity index (χ1v) is 9.89. The molecule has 1 unspecified atom stereocenters. The van der Waals surface area contributed by atoms with Crippen LogP contribution in [0, 0.1) is 0 Å². The molecule has 2 aromatic heterocycles. The largest absolute Gasteiger partial charge is 0.337 e. The Balaban J connectivity index is 1.57. The van der Waals surface area contributed by atoms with Crippen molar-refractivity contribution in [1.29, 1.82) is 0 Å². The lowest BCUT2D eigenvalue weighted by molar-refractivity contribution is -0.131. The molecule has 0 aliphatic carbocycles. The van der Waals surface area contributed by atoms with Gasteiger partial charge in [0.25, 0.3) is 5.91 Å². The van der Waals surface area contributed by atoms with Crippen molar-refractivity contribution in [2.75, 3.05) is 0 Å². The molecule has 27 heavy (non-hydrogen) atoms. The van der Waals surface area contributed by atoms with Gasteiger partial charge in [0, 0.05) is 14.9 Å². The lowest BCUT2D eigenvalue weighted by atomic mass is 9.92. The summed E-state index contributed by atoms with van der Waals surface area (Å²) in [6.45, 7) is 1.53. The monoisotopic (exact) mass is 466 g/mol. The van der Waals surface area contributed by atoms with E-state index in [9.17, 15) is 9.59 Å². The maximum atomic E-state index is 12.9. The second-order valence-corrected chi connectivity index (χ2v) is 8.36. The number of halogens is 2. The average molecular weight is 468 g/mol. The van der Waals surface area contributed by atoms with Gasteiger partial charge in [0.2, 0.25) is 11.7 Å². The molecule has 138 valence electrons. The van der Waals surface area contributed by atoms with E-state index in [0.717, 1.165) is 14.2 Å². The quantitative estimate of drug-likeness (QED) is 0.582. The molecule has 4 rings (SSSR count). The van der Waals surface area contributed by atoms with Crippen molar-refractivity contribution in [2.45, 2.75) is 19.0 Å². The third kappa shape index (κ3) is 3.26. The summed E-state index contributed by atoms with van der Waals surface area (Å²) in [5, 5.41) is 9.02. The minimum Gasteiger partial charge on any atom is -0.337 e. The lowest BCUT2D eigenvalue weighted by Gasteiger charge is -2.22. The first-order chi connectivity index (χ1) is 12.9. The molecule has 1 aromatic carbocycles. The van der Waals surface area contributed by atoms with E-state index in [2.05, 4.69) is 31.4 Å². The van der Waals surface area contributed by atoms with Gasteiger partial charge in [0.15, 0.2) is 0 Å². The Morgan fingerprint density at radius 2 is 2.19 bits per heavy atom. The number of imide groups is 1. The Bertz CT molecular complexity index is 1050. The lowest BCUT2D eigenvalue weighted by Crippen LogP contribution is -2.40. The van der Waals surface area contributed by atoms with Crippen LogP contribution in [0.25, 0.3) is 10.7 Å². The fraction of sp³-hybridized carbons (Fsp3) is 0.176. The van der Waals surface area contributed by atoms with Gasteiger partial charge in [-0.25, -0.2) is 4.79 Å². The van der Waals surface area contributed by atoms with Crippen LogP contribution in [0.3, 0.4) is 0 Å². The van der Waals surface area contributed by atoms with Gasteiger partial charge >= 0.3 is 6.03 Å². The van der Waals surface area contributed by atoms with E-state index in [4.69, 9.17) is 16.1 Å². The number of amides is 3. The fourth-order valence-corrected chi connectivity index (χ4v) is 4.36. The minimum absolute atomic E-state index is 0.111. The maximum Gasteiger partial charge on any atom is 0.325 e. The molecule has 1 aliphatic heterocycles. The summed E-state index contributed by atoms with van der Waals surface area (Å²) >= 11 is 10.9. The number of thiophene rings is 1. The summed E-state index contributed by atoms with van der Waals surface area (Å²) in [6.07, 6.45) is 0. The third-order valence-electron chi connectivity index (χ3n) is 4.23. The molecule has 1 fully saturated rings. The summed E-state index contributed by atoms with van der Waals surface area (Å²) in [6, 6.07) is 8.17. The third-order valence-corrected chi connectivity index (χ3v) is 6.15. The van der Waals surface area contributed by atoms with E-state index < -0.39 is 17.5 Å². The molecule has 3 amide bonds. The Hall–Kier alpha value is -2.23. The number of hydrogen-bond donors (Lipinski definition) is 1. The molecule has 0 saturated carbocycles. The van der Waals surface area contributed by atoms with Crippen molar-refractivity contribution in [3.8, 4) is 10.7 Å². The van der Waals surface area contributed by atoms with Gasteiger partial charge in [0.1, 0.15) is 12.1 Å². The van der Waals surface area contributed by atoms with E-state index in [1.54, 1.807) is 31.2 Å². The highest BCUT2D eigenvalue weighted by atomic mass is 79.9. The fourth-order valence-electron chi connectivity index (χ4n) is 2.82. The van der Waals surface area contributed by atoms with Gasteiger partial charge < -0.3 is 9.84 Å². The predicted octanol–water partition coefficient (Wildman–Crippen LogP) is 4.18. The number of urea groups is 1. The summed E-state index contributed by atoms with van der Waals surface area (Å²) in [4.78, 5) is 31.5. The van der Waals surface area contributed by atoms with Crippen LogP contribution in [0.4, 0.5) is 4.79 Å². The van der Waals surface area contributed by atoms with Crippen molar-refractivity contribution in [2.24, 2.45) is 0 Å². The molecule has 1 N–H and O–H groups in total. The van der Waals surface area contributed by atoms with Crippen molar-refractivity contribution in [3.63, 3.8) is 0 Å². The summed E-state index contributed by atoms with van der Waals surface area (Å²) < 4.78 is 6.13. The number of hydrogen-bond acceptors (Lipinski definition) is 6. The van der Waals surface area contributed by atoms with Crippen LogP contribution < -0.4 is 5.32 Å². The Morgan fingerprint density at radius 1 is 1.37 bits per heavy atom. The van der Waals surface area contributed by atoms with Crippen molar-refractivity contribution in [3.05, 3.63) is 56.7 Å². The van der Waals surface area contributed by atoms with Gasteiger partial charge in [-0.05, 0) is 46.6 Å². The summed E-state index contributed by atoms with van der Waals surface area (Å²) in [7, 11) is 0. The zero-order valence-electron chi connectivity index (χ0n) is 13.9. The molecule has 3 aromatic rings. The first kappa shape index (κ1) is 18.1.